The molecule has 0 saturated heterocycles. The predicted octanol–water partition coefficient (Wildman–Crippen LogP) is 3.74. The van der Waals surface area contributed by atoms with Gasteiger partial charge in [-0.05, 0) is 31.0 Å². The van der Waals surface area contributed by atoms with E-state index >= 15 is 0 Å². The van der Waals surface area contributed by atoms with E-state index in [1.807, 2.05) is 38.1 Å². The fourth-order valence-corrected chi connectivity index (χ4v) is 3.49. The highest BCUT2D eigenvalue weighted by molar-refractivity contribution is 5.86. The number of rotatable bonds is 7. The van der Waals surface area contributed by atoms with Gasteiger partial charge in [0.25, 0.3) is 0 Å². The van der Waals surface area contributed by atoms with E-state index in [2.05, 4.69) is 10.3 Å². The summed E-state index contributed by atoms with van der Waals surface area (Å²) >= 11 is 0. The molecule has 1 heterocycles. The van der Waals surface area contributed by atoms with Crippen molar-refractivity contribution in [1.29, 1.82) is 0 Å². The van der Waals surface area contributed by atoms with E-state index in [9.17, 15) is 4.79 Å². The summed E-state index contributed by atoms with van der Waals surface area (Å²) < 4.78 is 16.2. The predicted molar refractivity (Wildman–Crippen MR) is 113 cm³/mol. The van der Waals surface area contributed by atoms with Crippen LogP contribution in [0.2, 0.25) is 0 Å². The van der Waals surface area contributed by atoms with E-state index in [0.29, 0.717) is 17.2 Å². The molecule has 0 radical (unpaired) electrons. The minimum atomic E-state index is -0.0896. The lowest BCUT2D eigenvalue weighted by atomic mass is 9.99. The summed E-state index contributed by atoms with van der Waals surface area (Å²) in [7, 11) is 4.73. The average Bonchev–Trinajstić information content (AvgIpc) is 2.74. The van der Waals surface area contributed by atoms with E-state index in [-0.39, 0.29) is 18.9 Å². The number of para-hydroxylation sites is 1. The van der Waals surface area contributed by atoms with Crippen LogP contribution in [-0.2, 0) is 17.8 Å². The molecular formula is C23H26N2O4. The Hall–Kier alpha value is -3.28. The van der Waals surface area contributed by atoms with Crippen LogP contribution in [0.25, 0.3) is 10.9 Å². The van der Waals surface area contributed by atoms with Crippen LogP contribution in [0.15, 0.2) is 36.4 Å². The second kappa shape index (κ2) is 8.82. The number of aromatic nitrogens is 1. The van der Waals surface area contributed by atoms with Crippen molar-refractivity contribution in [2.75, 3.05) is 21.3 Å². The van der Waals surface area contributed by atoms with Gasteiger partial charge in [0.05, 0.1) is 45.4 Å². The number of nitrogens with zero attached hydrogens (tertiary/aromatic N) is 1. The smallest absolute Gasteiger partial charge is 0.224 e. The highest BCUT2D eigenvalue weighted by Gasteiger charge is 2.16. The normalized spacial score (nSPS) is 10.7. The molecule has 1 amide bonds. The molecular weight excluding hydrogens is 368 g/mol. The van der Waals surface area contributed by atoms with Crippen LogP contribution in [0.3, 0.4) is 0 Å². The van der Waals surface area contributed by atoms with Crippen molar-refractivity contribution in [2.45, 2.75) is 26.8 Å². The zero-order chi connectivity index (χ0) is 21.0. The fourth-order valence-electron chi connectivity index (χ4n) is 3.49. The van der Waals surface area contributed by atoms with Crippen molar-refractivity contribution in [1.82, 2.24) is 10.3 Å². The molecule has 3 aromatic rings. The average molecular weight is 394 g/mol. The van der Waals surface area contributed by atoms with Gasteiger partial charge in [-0.2, -0.15) is 0 Å². The van der Waals surface area contributed by atoms with Crippen LogP contribution in [0.1, 0.15) is 22.4 Å². The molecule has 2 aromatic carbocycles. The number of benzene rings is 2. The Balaban J connectivity index is 1.80. The molecule has 1 N–H and O–H groups in total. The molecule has 6 heteroatoms. The quantitative estimate of drug-likeness (QED) is 0.661. The van der Waals surface area contributed by atoms with Gasteiger partial charge in [-0.15, -0.1) is 0 Å². The molecule has 0 aliphatic rings. The number of fused-ring (bicyclic) bond motifs is 1. The first-order chi connectivity index (χ1) is 14.0. The first-order valence-electron chi connectivity index (χ1n) is 9.38. The molecule has 29 heavy (non-hydrogen) atoms. The van der Waals surface area contributed by atoms with Crippen LogP contribution in [0, 0.1) is 13.8 Å². The highest BCUT2D eigenvalue weighted by Crippen LogP contribution is 2.34. The van der Waals surface area contributed by atoms with E-state index in [1.165, 1.54) is 0 Å². The molecule has 0 fully saturated rings. The molecule has 0 aliphatic carbocycles. The summed E-state index contributed by atoms with van der Waals surface area (Å²) in [4.78, 5) is 17.4. The van der Waals surface area contributed by atoms with Gasteiger partial charge in [0, 0.05) is 23.2 Å². The van der Waals surface area contributed by atoms with Gasteiger partial charge < -0.3 is 19.5 Å². The first-order valence-corrected chi connectivity index (χ1v) is 9.38. The molecule has 0 saturated carbocycles. The summed E-state index contributed by atoms with van der Waals surface area (Å²) in [5.41, 5.74) is 4.61. The SMILES string of the molecule is COc1cc(OC)c(CNC(=O)Cc2c(C)nc3ccccc3c2C)c(OC)c1. The second-order valence-corrected chi connectivity index (χ2v) is 6.78. The van der Waals surface area contributed by atoms with Gasteiger partial charge in [-0.25, -0.2) is 0 Å². The van der Waals surface area contributed by atoms with Crippen LogP contribution in [0.5, 0.6) is 17.2 Å². The highest BCUT2D eigenvalue weighted by atomic mass is 16.5. The number of methoxy groups -OCH3 is 3. The minimum absolute atomic E-state index is 0.0896. The van der Waals surface area contributed by atoms with Crippen molar-refractivity contribution >= 4 is 16.8 Å². The summed E-state index contributed by atoms with van der Waals surface area (Å²) in [6, 6.07) is 11.5. The largest absolute Gasteiger partial charge is 0.496 e. The zero-order valence-corrected chi connectivity index (χ0v) is 17.5. The molecule has 152 valence electrons. The van der Waals surface area contributed by atoms with Crippen molar-refractivity contribution in [3.8, 4) is 17.2 Å². The molecule has 3 rings (SSSR count). The van der Waals surface area contributed by atoms with Crippen LogP contribution in [0.4, 0.5) is 0 Å². The molecule has 0 bridgehead atoms. The molecule has 0 aliphatic heterocycles. The fraction of sp³-hybridized carbons (Fsp3) is 0.304. The van der Waals surface area contributed by atoms with Crippen molar-refractivity contribution < 1.29 is 19.0 Å². The topological polar surface area (TPSA) is 69.7 Å². The number of carbonyl (C=O) groups is 1. The number of pyridine rings is 1. The maximum absolute atomic E-state index is 12.7. The first kappa shape index (κ1) is 20.5. The lowest BCUT2D eigenvalue weighted by molar-refractivity contribution is -0.120. The molecule has 6 nitrogen and oxygen atoms in total. The number of ether oxygens (including phenoxy) is 3. The van der Waals surface area contributed by atoms with Crippen LogP contribution >= 0.6 is 0 Å². The van der Waals surface area contributed by atoms with Crippen LogP contribution in [-0.4, -0.2) is 32.2 Å². The van der Waals surface area contributed by atoms with Crippen LogP contribution < -0.4 is 19.5 Å². The minimum Gasteiger partial charge on any atom is -0.496 e. The Bertz CT molecular complexity index is 1020. The zero-order valence-electron chi connectivity index (χ0n) is 17.5. The maximum Gasteiger partial charge on any atom is 0.224 e. The Morgan fingerprint density at radius 3 is 2.24 bits per heavy atom. The summed E-state index contributed by atoms with van der Waals surface area (Å²) in [6.45, 7) is 4.26. The summed E-state index contributed by atoms with van der Waals surface area (Å²) in [5, 5.41) is 4.04. The number of nitrogens with one attached hydrogen (secondary N) is 1. The summed E-state index contributed by atoms with van der Waals surface area (Å²) in [5.74, 6) is 1.73. The van der Waals surface area contributed by atoms with E-state index in [1.54, 1.807) is 33.5 Å². The molecule has 0 spiro atoms. The Labute approximate surface area is 170 Å². The van der Waals surface area contributed by atoms with Gasteiger partial charge >= 0.3 is 0 Å². The van der Waals surface area contributed by atoms with Crippen molar-refractivity contribution in [3.63, 3.8) is 0 Å². The maximum atomic E-state index is 12.7. The number of amides is 1. The third-order valence-corrected chi connectivity index (χ3v) is 5.10. The summed E-state index contributed by atoms with van der Waals surface area (Å²) in [6.07, 6.45) is 0.260. The number of hydrogen-bond donors (Lipinski definition) is 1. The van der Waals surface area contributed by atoms with E-state index < -0.39 is 0 Å². The molecule has 1 aromatic heterocycles. The third kappa shape index (κ3) is 4.26. The van der Waals surface area contributed by atoms with Gasteiger partial charge in [0.1, 0.15) is 17.2 Å². The van der Waals surface area contributed by atoms with Crippen molar-refractivity contribution in [2.24, 2.45) is 0 Å². The van der Waals surface area contributed by atoms with Crippen molar-refractivity contribution in [3.05, 3.63) is 58.8 Å². The number of hydrogen-bond acceptors (Lipinski definition) is 5. The lowest BCUT2D eigenvalue weighted by Gasteiger charge is -2.16. The van der Waals surface area contributed by atoms with E-state index in [0.717, 1.165) is 33.3 Å². The van der Waals surface area contributed by atoms with E-state index in [4.69, 9.17) is 14.2 Å². The Morgan fingerprint density at radius 2 is 1.62 bits per heavy atom. The Morgan fingerprint density at radius 1 is 0.966 bits per heavy atom. The number of carbonyl (C=O) groups excluding carboxylic acids is 1. The molecule has 0 atom stereocenters. The van der Waals surface area contributed by atoms with Gasteiger partial charge in [0.2, 0.25) is 5.91 Å². The van der Waals surface area contributed by atoms with Gasteiger partial charge in [-0.1, -0.05) is 18.2 Å². The van der Waals surface area contributed by atoms with Gasteiger partial charge in [-0.3, -0.25) is 9.78 Å². The number of aryl methyl sites for hydroxylation is 2. The Kier molecular flexibility index (Phi) is 6.22. The molecule has 0 unspecified atom stereocenters. The van der Waals surface area contributed by atoms with Gasteiger partial charge in [0.15, 0.2) is 0 Å². The third-order valence-electron chi connectivity index (χ3n) is 5.10. The lowest BCUT2D eigenvalue weighted by Crippen LogP contribution is -2.26. The monoisotopic (exact) mass is 394 g/mol. The second-order valence-electron chi connectivity index (χ2n) is 6.78. The standard InChI is InChI=1S/C23H26N2O4/c1-14-17-8-6-7-9-20(17)25-15(2)18(14)12-23(26)24-13-19-21(28-4)10-16(27-3)11-22(19)29-5/h6-11H,12-13H2,1-5H3,(H,24,26).